The van der Waals surface area contributed by atoms with Gasteiger partial charge in [0.25, 0.3) is 5.91 Å². The van der Waals surface area contributed by atoms with Crippen LogP contribution in [0, 0.1) is 20.8 Å². The highest BCUT2D eigenvalue weighted by molar-refractivity contribution is 6.00. The molecule has 1 unspecified atom stereocenters. The molecule has 6 nitrogen and oxygen atoms in total. The monoisotopic (exact) mass is 305 g/mol. The number of fused-ring (bicyclic) bond motifs is 1. The highest BCUT2D eigenvalue weighted by atomic mass is 16.4. The van der Waals surface area contributed by atoms with Crippen molar-refractivity contribution < 1.29 is 24.2 Å². The molecule has 2 rings (SSSR count). The third-order valence-corrected chi connectivity index (χ3v) is 3.74. The van der Waals surface area contributed by atoms with Gasteiger partial charge in [0.15, 0.2) is 11.4 Å². The maximum atomic E-state index is 12.2. The van der Waals surface area contributed by atoms with Gasteiger partial charge in [-0.05, 0) is 38.8 Å². The van der Waals surface area contributed by atoms with Crippen molar-refractivity contribution in [3.63, 3.8) is 0 Å². The lowest BCUT2D eigenvalue weighted by atomic mass is 10.0. The van der Waals surface area contributed by atoms with E-state index in [0.717, 1.165) is 23.4 Å². The summed E-state index contributed by atoms with van der Waals surface area (Å²) in [6, 6.07) is 3.87. The van der Waals surface area contributed by atoms with Gasteiger partial charge in [-0.2, -0.15) is 0 Å². The molecular weight excluding hydrogens is 286 g/mol. The number of rotatable bonds is 4. The van der Waals surface area contributed by atoms with Gasteiger partial charge in [0.05, 0.1) is 6.54 Å². The summed E-state index contributed by atoms with van der Waals surface area (Å²) in [5, 5.41) is 21.8. The van der Waals surface area contributed by atoms with Crippen molar-refractivity contribution in [2.24, 2.45) is 0 Å². The van der Waals surface area contributed by atoms with E-state index < -0.39 is 24.0 Å². The molecule has 3 N–H and O–H groups in total. The number of aliphatic carboxylic acids is 1. The molecule has 1 atom stereocenters. The molecule has 0 radical (unpaired) electrons. The van der Waals surface area contributed by atoms with Crippen LogP contribution in [0.25, 0.3) is 11.0 Å². The smallest absolute Gasteiger partial charge is 0.337 e. The molecule has 1 amide bonds. The number of carboxylic acids is 1. The number of aliphatic hydroxyl groups is 1. The summed E-state index contributed by atoms with van der Waals surface area (Å²) in [6.07, 6.45) is 0. The van der Waals surface area contributed by atoms with Gasteiger partial charge in [0.1, 0.15) is 5.58 Å². The Morgan fingerprint density at radius 2 is 1.82 bits per heavy atom. The first-order valence-corrected chi connectivity index (χ1v) is 6.88. The Morgan fingerprint density at radius 1 is 1.23 bits per heavy atom. The Morgan fingerprint density at radius 3 is 2.36 bits per heavy atom. The Balaban J connectivity index is 2.34. The molecule has 1 aromatic carbocycles. The molecule has 0 spiro atoms. The molecule has 0 saturated heterocycles. The maximum Gasteiger partial charge on any atom is 0.337 e. The number of furan rings is 1. The van der Waals surface area contributed by atoms with E-state index in [0.29, 0.717) is 11.1 Å². The van der Waals surface area contributed by atoms with E-state index in [9.17, 15) is 14.7 Å². The molecule has 6 heteroatoms. The number of carboxylic acid groups (broad SMARTS) is 1. The summed E-state index contributed by atoms with van der Waals surface area (Å²) in [5.41, 5.74) is 1.23. The molecule has 0 aliphatic rings. The van der Waals surface area contributed by atoms with E-state index in [1.54, 1.807) is 6.92 Å². The second-order valence-corrected chi connectivity index (χ2v) is 5.72. The number of carbonyl (C=O) groups is 2. The average Bonchev–Trinajstić information content (AvgIpc) is 2.79. The van der Waals surface area contributed by atoms with Crippen LogP contribution in [0.3, 0.4) is 0 Å². The molecule has 2 aromatic rings. The van der Waals surface area contributed by atoms with Gasteiger partial charge in [0.2, 0.25) is 0 Å². The van der Waals surface area contributed by atoms with Gasteiger partial charge >= 0.3 is 5.97 Å². The number of nitrogens with one attached hydrogen (secondary N) is 1. The van der Waals surface area contributed by atoms with E-state index in [1.165, 1.54) is 0 Å². The third kappa shape index (κ3) is 2.69. The number of amides is 1. The molecule has 0 aliphatic carbocycles. The number of benzene rings is 1. The van der Waals surface area contributed by atoms with Crippen molar-refractivity contribution in [3.05, 3.63) is 34.6 Å². The minimum atomic E-state index is -2.03. The summed E-state index contributed by atoms with van der Waals surface area (Å²) < 4.78 is 5.66. The number of aryl methyl sites for hydroxylation is 3. The van der Waals surface area contributed by atoms with Crippen LogP contribution < -0.4 is 5.32 Å². The first-order valence-electron chi connectivity index (χ1n) is 6.88. The zero-order valence-corrected chi connectivity index (χ0v) is 13.0. The van der Waals surface area contributed by atoms with E-state index in [4.69, 9.17) is 9.52 Å². The zero-order chi connectivity index (χ0) is 16.7. The minimum Gasteiger partial charge on any atom is -0.479 e. The van der Waals surface area contributed by atoms with Crippen LogP contribution in [-0.2, 0) is 4.79 Å². The lowest BCUT2D eigenvalue weighted by molar-refractivity contribution is -0.155. The molecular formula is C16H19NO5. The Labute approximate surface area is 127 Å². The van der Waals surface area contributed by atoms with Crippen molar-refractivity contribution in [2.45, 2.75) is 33.3 Å². The third-order valence-electron chi connectivity index (χ3n) is 3.74. The van der Waals surface area contributed by atoms with Crippen molar-refractivity contribution in [2.75, 3.05) is 6.54 Å². The first-order chi connectivity index (χ1) is 10.1. The van der Waals surface area contributed by atoms with Crippen LogP contribution >= 0.6 is 0 Å². The van der Waals surface area contributed by atoms with E-state index >= 15 is 0 Å². The van der Waals surface area contributed by atoms with Crippen molar-refractivity contribution in [1.29, 1.82) is 0 Å². The SMILES string of the molecule is Cc1ccc(C)c2c(C)c(C(=O)NCC(C)(O)C(=O)O)oc12. The maximum absolute atomic E-state index is 12.2. The largest absolute Gasteiger partial charge is 0.479 e. The lowest BCUT2D eigenvalue weighted by Gasteiger charge is -2.17. The number of carbonyl (C=O) groups excluding carboxylic acids is 1. The second kappa shape index (κ2) is 5.46. The first kappa shape index (κ1) is 16.0. The molecule has 1 aromatic heterocycles. The summed E-state index contributed by atoms with van der Waals surface area (Å²) in [7, 11) is 0. The zero-order valence-electron chi connectivity index (χ0n) is 13.0. The standard InChI is InChI=1S/C16H19NO5/c1-8-5-6-9(2)12-11(8)10(3)13(22-12)14(18)17-7-16(4,21)15(19)20/h5-6,21H,7H2,1-4H3,(H,17,18)(H,19,20). The fraction of sp³-hybridized carbons (Fsp3) is 0.375. The Kier molecular flexibility index (Phi) is 3.98. The average molecular weight is 305 g/mol. The van der Waals surface area contributed by atoms with Crippen LogP contribution in [0.5, 0.6) is 0 Å². The fourth-order valence-electron chi connectivity index (χ4n) is 2.30. The highest BCUT2D eigenvalue weighted by Gasteiger charge is 2.31. The molecule has 118 valence electrons. The van der Waals surface area contributed by atoms with Gasteiger partial charge in [-0.3, -0.25) is 4.79 Å². The van der Waals surface area contributed by atoms with Crippen molar-refractivity contribution in [3.8, 4) is 0 Å². The van der Waals surface area contributed by atoms with Gasteiger partial charge in [-0.1, -0.05) is 12.1 Å². The van der Waals surface area contributed by atoms with E-state index in [-0.39, 0.29) is 5.76 Å². The molecule has 0 bridgehead atoms. The fourth-order valence-corrected chi connectivity index (χ4v) is 2.30. The van der Waals surface area contributed by atoms with E-state index in [2.05, 4.69) is 5.32 Å². The topological polar surface area (TPSA) is 99.8 Å². The van der Waals surface area contributed by atoms with Crippen LogP contribution in [0.1, 0.15) is 34.2 Å². The van der Waals surface area contributed by atoms with Crippen LogP contribution in [0.4, 0.5) is 0 Å². The van der Waals surface area contributed by atoms with Gasteiger partial charge in [0, 0.05) is 10.9 Å². The predicted octanol–water partition coefficient (Wildman–Crippen LogP) is 1.92. The summed E-state index contributed by atoms with van der Waals surface area (Å²) in [4.78, 5) is 23.1. The van der Waals surface area contributed by atoms with Gasteiger partial charge < -0.3 is 19.9 Å². The van der Waals surface area contributed by atoms with Gasteiger partial charge in [-0.15, -0.1) is 0 Å². The summed E-state index contributed by atoms with van der Waals surface area (Å²) in [5.74, 6) is -1.82. The molecule has 0 aliphatic heterocycles. The predicted molar refractivity (Wildman–Crippen MR) is 81.0 cm³/mol. The molecule has 22 heavy (non-hydrogen) atoms. The number of hydrogen-bond donors (Lipinski definition) is 3. The quantitative estimate of drug-likeness (QED) is 0.801. The van der Waals surface area contributed by atoms with Crippen LogP contribution in [-0.4, -0.2) is 34.2 Å². The Bertz CT molecular complexity index is 757. The molecule has 0 fully saturated rings. The summed E-state index contributed by atoms with van der Waals surface area (Å²) >= 11 is 0. The second-order valence-electron chi connectivity index (χ2n) is 5.72. The Hall–Kier alpha value is -2.34. The van der Waals surface area contributed by atoms with Crippen molar-refractivity contribution >= 4 is 22.8 Å². The van der Waals surface area contributed by atoms with Gasteiger partial charge in [-0.25, -0.2) is 4.79 Å². The number of hydrogen-bond acceptors (Lipinski definition) is 4. The van der Waals surface area contributed by atoms with Crippen LogP contribution in [0.15, 0.2) is 16.5 Å². The van der Waals surface area contributed by atoms with E-state index in [1.807, 2.05) is 26.0 Å². The highest BCUT2D eigenvalue weighted by Crippen LogP contribution is 2.30. The summed E-state index contributed by atoms with van der Waals surface area (Å²) in [6.45, 7) is 6.32. The van der Waals surface area contributed by atoms with Crippen molar-refractivity contribution in [1.82, 2.24) is 5.32 Å². The minimum absolute atomic E-state index is 0.133. The molecule has 0 saturated carbocycles. The van der Waals surface area contributed by atoms with Crippen LogP contribution in [0.2, 0.25) is 0 Å². The normalized spacial score (nSPS) is 13.9. The molecule has 1 heterocycles. The lowest BCUT2D eigenvalue weighted by Crippen LogP contribution is -2.46.